The van der Waals surface area contributed by atoms with E-state index in [-0.39, 0.29) is 18.1 Å². The molecule has 1 aliphatic rings. The van der Waals surface area contributed by atoms with Gasteiger partial charge in [0.05, 0.1) is 11.5 Å². The van der Waals surface area contributed by atoms with E-state index in [4.69, 9.17) is 9.47 Å². The highest BCUT2D eigenvalue weighted by atomic mass is 32.2. The summed E-state index contributed by atoms with van der Waals surface area (Å²) in [5.74, 6) is -1.19. The lowest BCUT2D eigenvalue weighted by Gasteiger charge is -2.12. The van der Waals surface area contributed by atoms with Crippen molar-refractivity contribution in [1.29, 1.82) is 0 Å². The Bertz CT molecular complexity index is 1060. The smallest absolute Gasteiger partial charge is 0.344 e. The van der Waals surface area contributed by atoms with Crippen molar-refractivity contribution in [1.82, 2.24) is 4.90 Å². The van der Waals surface area contributed by atoms with Crippen LogP contribution in [0.5, 0.6) is 5.75 Å². The maximum atomic E-state index is 12.7. The van der Waals surface area contributed by atoms with Gasteiger partial charge in [-0.15, -0.1) is 0 Å². The van der Waals surface area contributed by atoms with E-state index in [2.05, 4.69) is 5.32 Å². The molecular formula is C23H22N2O6S. The Morgan fingerprint density at radius 1 is 1.09 bits per heavy atom. The average Bonchev–Trinajstić information content (AvgIpc) is 3.02. The minimum atomic E-state index is -0.570. The summed E-state index contributed by atoms with van der Waals surface area (Å²) < 4.78 is 10.3. The van der Waals surface area contributed by atoms with Gasteiger partial charge in [-0.05, 0) is 49.9 Å². The molecule has 9 heteroatoms. The Hall–Kier alpha value is -3.59. The summed E-state index contributed by atoms with van der Waals surface area (Å²) >= 11 is 0.739. The molecule has 1 fully saturated rings. The van der Waals surface area contributed by atoms with Crippen molar-refractivity contribution < 1.29 is 28.7 Å². The van der Waals surface area contributed by atoms with E-state index >= 15 is 0 Å². The average molecular weight is 455 g/mol. The van der Waals surface area contributed by atoms with Gasteiger partial charge < -0.3 is 14.8 Å². The summed E-state index contributed by atoms with van der Waals surface area (Å²) in [6.07, 6.45) is 1.50. The number of hydrogen-bond donors (Lipinski definition) is 1. The van der Waals surface area contributed by atoms with Crippen LogP contribution in [0, 0.1) is 6.92 Å². The molecule has 0 bridgehead atoms. The normalized spacial score (nSPS) is 14.6. The number of thioether (sulfide) groups is 1. The van der Waals surface area contributed by atoms with Crippen molar-refractivity contribution in [2.45, 2.75) is 13.8 Å². The van der Waals surface area contributed by atoms with Crippen molar-refractivity contribution in [3.05, 3.63) is 64.6 Å². The first-order chi connectivity index (χ1) is 15.4. The second kappa shape index (κ2) is 10.6. The molecule has 2 aromatic rings. The maximum absolute atomic E-state index is 12.7. The van der Waals surface area contributed by atoms with Crippen molar-refractivity contribution >= 4 is 46.5 Å². The zero-order chi connectivity index (χ0) is 23.1. The molecular weight excluding hydrogens is 432 g/mol. The highest BCUT2D eigenvalue weighted by Crippen LogP contribution is 2.33. The van der Waals surface area contributed by atoms with Crippen LogP contribution in [0.25, 0.3) is 6.08 Å². The number of aryl methyl sites for hydroxylation is 1. The second-order valence-electron chi connectivity index (χ2n) is 6.81. The van der Waals surface area contributed by atoms with Crippen LogP contribution in [-0.2, 0) is 19.1 Å². The predicted octanol–water partition coefficient (Wildman–Crippen LogP) is 3.61. The third-order valence-electron chi connectivity index (χ3n) is 4.37. The van der Waals surface area contributed by atoms with E-state index in [1.54, 1.807) is 43.3 Å². The molecule has 32 heavy (non-hydrogen) atoms. The Kier molecular flexibility index (Phi) is 7.67. The van der Waals surface area contributed by atoms with Gasteiger partial charge in [-0.1, -0.05) is 35.9 Å². The quantitative estimate of drug-likeness (QED) is 0.480. The molecule has 1 saturated heterocycles. The first kappa shape index (κ1) is 23.1. The van der Waals surface area contributed by atoms with E-state index in [0.29, 0.717) is 17.0 Å². The number of benzene rings is 2. The van der Waals surface area contributed by atoms with Crippen molar-refractivity contribution in [3.63, 3.8) is 0 Å². The summed E-state index contributed by atoms with van der Waals surface area (Å²) in [5, 5.41) is 2.13. The van der Waals surface area contributed by atoms with Crippen LogP contribution in [0.3, 0.4) is 0 Å². The first-order valence-electron chi connectivity index (χ1n) is 9.86. The zero-order valence-electron chi connectivity index (χ0n) is 17.6. The lowest BCUT2D eigenvalue weighted by atomic mass is 10.2. The van der Waals surface area contributed by atoms with Crippen molar-refractivity contribution in [2.75, 3.05) is 25.1 Å². The van der Waals surface area contributed by atoms with Gasteiger partial charge in [-0.2, -0.15) is 0 Å². The third-order valence-corrected chi connectivity index (χ3v) is 5.27. The molecule has 3 amide bonds. The van der Waals surface area contributed by atoms with Crippen molar-refractivity contribution in [3.8, 4) is 5.75 Å². The molecule has 3 rings (SSSR count). The first-order valence-corrected chi connectivity index (χ1v) is 10.7. The molecule has 0 unspecified atom stereocenters. The van der Waals surface area contributed by atoms with Crippen LogP contribution in [0.1, 0.15) is 18.1 Å². The molecule has 0 aromatic heterocycles. The van der Waals surface area contributed by atoms with E-state index in [0.717, 1.165) is 22.2 Å². The number of carbonyl (C=O) groups is 4. The highest BCUT2D eigenvalue weighted by Gasteiger charge is 2.36. The van der Waals surface area contributed by atoms with Crippen LogP contribution in [0.2, 0.25) is 0 Å². The molecule has 166 valence electrons. The number of amides is 3. The van der Waals surface area contributed by atoms with Gasteiger partial charge in [0.25, 0.3) is 11.1 Å². The van der Waals surface area contributed by atoms with Gasteiger partial charge in [0.1, 0.15) is 12.3 Å². The summed E-state index contributed by atoms with van der Waals surface area (Å²) in [4.78, 5) is 50.0. The number of carbonyl (C=O) groups excluding carboxylic acids is 4. The van der Waals surface area contributed by atoms with E-state index in [9.17, 15) is 19.2 Å². The Labute approximate surface area is 189 Å². The fourth-order valence-corrected chi connectivity index (χ4v) is 3.66. The number of para-hydroxylation sites is 1. The van der Waals surface area contributed by atoms with Crippen molar-refractivity contribution in [2.24, 2.45) is 0 Å². The molecule has 0 saturated carbocycles. The third kappa shape index (κ3) is 5.98. The molecule has 0 spiro atoms. The standard InChI is InChI=1S/C23H22N2O6S/c1-3-30-21(27)14-31-18-7-5-4-6-16(18)12-19-22(28)25(23(29)32-19)13-20(26)24-17-10-8-15(2)9-11-17/h4-12H,3,13-14H2,1-2H3,(H,24,26)/b19-12-. The molecule has 0 atom stereocenters. The summed E-state index contributed by atoms with van der Waals surface area (Å²) in [5.41, 5.74) is 2.15. The molecule has 1 N–H and O–H groups in total. The second-order valence-corrected chi connectivity index (χ2v) is 7.81. The van der Waals surface area contributed by atoms with Gasteiger partial charge in [0, 0.05) is 11.3 Å². The Morgan fingerprint density at radius 2 is 1.81 bits per heavy atom. The van der Waals surface area contributed by atoms with Crippen LogP contribution in [-0.4, -0.2) is 47.7 Å². The lowest BCUT2D eigenvalue weighted by molar-refractivity contribution is -0.145. The number of imide groups is 1. The number of rotatable bonds is 8. The summed E-state index contributed by atoms with van der Waals surface area (Å²) in [6, 6.07) is 14.0. The number of ether oxygens (including phenoxy) is 2. The zero-order valence-corrected chi connectivity index (χ0v) is 18.4. The minimum Gasteiger partial charge on any atom is -0.481 e. The molecule has 0 radical (unpaired) electrons. The maximum Gasteiger partial charge on any atom is 0.344 e. The fraction of sp³-hybridized carbons (Fsp3) is 0.217. The summed E-state index contributed by atoms with van der Waals surface area (Å²) in [6.45, 7) is 3.20. The largest absolute Gasteiger partial charge is 0.481 e. The van der Waals surface area contributed by atoms with E-state index in [1.165, 1.54) is 6.08 Å². The lowest BCUT2D eigenvalue weighted by Crippen LogP contribution is -2.36. The number of nitrogens with one attached hydrogen (secondary N) is 1. The highest BCUT2D eigenvalue weighted by molar-refractivity contribution is 8.18. The Balaban J connectivity index is 1.68. The molecule has 1 heterocycles. The van der Waals surface area contributed by atoms with Crippen LogP contribution >= 0.6 is 11.8 Å². The number of esters is 1. The topological polar surface area (TPSA) is 102 Å². The summed E-state index contributed by atoms with van der Waals surface area (Å²) in [7, 11) is 0. The van der Waals surface area contributed by atoms with Gasteiger partial charge >= 0.3 is 5.97 Å². The van der Waals surface area contributed by atoms with Crippen LogP contribution in [0.15, 0.2) is 53.4 Å². The Morgan fingerprint density at radius 3 is 2.53 bits per heavy atom. The van der Waals surface area contributed by atoms with Gasteiger partial charge in [-0.25, -0.2) is 4.79 Å². The van der Waals surface area contributed by atoms with E-state index in [1.807, 2.05) is 19.1 Å². The molecule has 2 aromatic carbocycles. The number of anilines is 1. The SMILES string of the molecule is CCOC(=O)COc1ccccc1/C=C1\SC(=O)N(CC(=O)Nc2ccc(C)cc2)C1=O. The van der Waals surface area contributed by atoms with Gasteiger partial charge in [-0.3, -0.25) is 19.3 Å². The minimum absolute atomic E-state index is 0.158. The van der Waals surface area contributed by atoms with Crippen LogP contribution < -0.4 is 10.1 Å². The van der Waals surface area contributed by atoms with Crippen LogP contribution in [0.4, 0.5) is 10.5 Å². The number of hydrogen-bond acceptors (Lipinski definition) is 7. The van der Waals surface area contributed by atoms with E-state index < -0.39 is 29.6 Å². The van der Waals surface area contributed by atoms with Gasteiger partial charge in [0.15, 0.2) is 6.61 Å². The predicted molar refractivity (Wildman–Crippen MR) is 121 cm³/mol. The fourth-order valence-electron chi connectivity index (χ4n) is 2.83. The molecule has 0 aliphatic carbocycles. The van der Waals surface area contributed by atoms with Gasteiger partial charge in [0.2, 0.25) is 5.91 Å². The molecule has 8 nitrogen and oxygen atoms in total. The number of nitrogens with zero attached hydrogens (tertiary/aromatic N) is 1. The molecule has 1 aliphatic heterocycles. The monoisotopic (exact) mass is 454 g/mol.